The largest absolute Gasteiger partial charge is 0.316 e. The van der Waals surface area contributed by atoms with E-state index in [1.807, 2.05) is 18.5 Å². The Kier molecular flexibility index (Phi) is 5.30. The second-order valence-corrected chi connectivity index (χ2v) is 5.13. The molecule has 1 aromatic carbocycles. The molecule has 0 aliphatic carbocycles. The molecule has 4 heteroatoms. The molecular formula is C16H24N4. The van der Waals surface area contributed by atoms with Crippen LogP contribution in [0.25, 0.3) is 0 Å². The van der Waals surface area contributed by atoms with E-state index in [1.54, 1.807) is 0 Å². The fraction of sp³-hybridized carbons (Fsp3) is 0.500. The van der Waals surface area contributed by atoms with Gasteiger partial charge in [0.1, 0.15) is 11.6 Å². The van der Waals surface area contributed by atoms with Gasteiger partial charge in [0.25, 0.3) is 0 Å². The lowest BCUT2D eigenvalue weighted by molar-refractivity contribution is 0.640. The molecule has 20 heavy (non-hydrogen) atoms. The van der Waals surface area contributed by atoms with Crippen molar-refractivity contribution in [1.29, 1.82) is 0 Å². The Morgan fingerprint density at radius 3 is 2.50 bits per heavy atom. The molecule has 0 unspecified atom stereocenters. The Balaban J connectivity index is 2.05. The number of nitrogens with one attached hydrogen (secondary N) is 1. The van der Waals surface area contributed by atoms with Crippen molar-refractivity contribution >= 4 is 0 Å². The smallest absolute Gasteiger partial charge is 0.147 e. The van der Waals surface area contributed by atoms with Gasteiger partial charge in [-0.1, -0.05) is 31.2 Å². The van der Waals surface area contributed by atoms with Crippen molar-refractivity contribution in [2.24, 2.45) is 0 Å². The fourth-order valence-electron chi connectivity index (χ4n) is 2.35. The molecule has 2 rings (SSSR count). The van der Waals surface area contributed by atoms with Crippen LogP contribution in [0.5, 0.6) is 0 Å². The van der Waals surface area contributed by atoms with Gasteiger partial charge >= 0.3 is 0 Å². The topological polar surface area (TPSA) is 42.7 Å². The molecule has 108 valence electrons. The van der Waals surface area contributed by atoms with E-state index in [9.17, 15) is 0 Å². The standard InChI is InChI=1S/C16H24N4/c1-4-10-17-11-9-15-7-5-6-8-16(15)12-20-14(3)18-13(2)19-20/h5-8,17H,4,9-12H2,1-3H3. The normalized spacial score (nSPS) is 10.9. The molecule has 4 nitrogen and oxygen atoms in total. The summed E-state index contributed by atoms with van der Waals surface area (Å²) >= 11 is 0. The molecule has 0 amide bonds. The average molecular weight is 272 g/mol. The molecule has 0 saturated carbocycles. The van der Waals surface area contributed by atoms with E-state index < -0.39 is 0 Å². The zero-order valence-electron chi connectivity index (χ0n) is 12.7. The van der Waals surface area contributed by atoms with Crippen LogP contribution in [0.4, 0.5) is 0 Å². The molecule has 1 heterocycles. The van der Waals surface area contributed by atoms with E-state index in [4.69, 9.17) is 0 Å². The maximum Gasteiger partial charge on any atom is 0.147 e. The number of hydrogen-bond donors (Lipinski definition) is 1. The Morgan fingerprint density at radius 2 is 1.85 bits per heavy atom. The molecule has 0 aliphatic rings. The summed E-state index contributed by atoms with van der Waals surface area (Å²) < 4.78 is 1.98. The highest BCUT2D eigenvalue weighted by atomic mass is 15.3. The summed E-state index contributed by atoms with van der Waals surface area (Å²) in [4.78, 5) is 4.36. The van der Waals surface area contributed by atoms with Gasteiger partial charge in [-0.2, -0.15) is 5.10 Å². The third-order valence-electron chi connectivity index (χ3n) is 3.40. The van der Waals surface area contributed by atoms with Crippen LogP contribution in [0.15, 0.2) is 24.3 Å². The van der Waals surface area contributed by atoms with Gasteiger partial charge in [0.15, 0.2) is 0 Å². The van der Waals surface area contributed by atoms with Gasteiger partial charge in [0.05, 0.1) is 6.54 Å². The number of rotatable bonds is 7. The van der Waals surface area contributed by atoms with Gasteiger partial charge in [-0.25, -0.2) is 9.67 Å². The minimum Gasteiger partial charge on any atom is -0.316 e. The number of nitrogens with zero attached hydrogens (tertiary/aromatic N) is 3. The molecule has 0 spiro atoms. The van der Waals surface area contributed by atoms with Crippen LogP contribution in [0.2, 0.25) is 0 Å². The summed E-state index contributed by atoms with van der Waals surface area (Å²) in [6.45, 7) is 9.05. The first-order valence-corrected chi connectivity index (χ1v) is 7.36. The summed E-state index contributed by atoms with van der Waals surface area (Å²) in [5, 5.41) is 7.90. The highest BCUT2D eigenvalue weighted by molar-refractivity contribution is 5.27. The predicted molar refractivity (Wildman–Crippen MR) is 81.9 cm³/mol. The van der Waals surface area contributed by atoms with Crippen molar-refractivity contribution in [1.82, 2.24) is 20.1 Å². The zero-order chi connectivity index (χ0) is 14.4. The Hall–Kier alpha value is -1.68. The van der Waals surface area contributed by atoms with Crippen molar-refractivity contribution in [3.05, 3.63) is 47.0 Å². The average Bonchev–Trinajstić information content (AvgIpc) is 2.75. The van der Waals surface area contributed by atoms with E-state index >= 15 is 0 Å². The molecular weight excluding hydrogens is 248 g/mol. The van der Waals surface area contributed by atoms with E-state index in [0.717, 1.165) is 37.7 Å². The Labute approximate surface area is 121 Å². The van der Waals surface area contributed by atoms with E-state index in [2.05, 4.69) is 46.6 Å². The molecule has 0 fully saturated rings. The number of hydrogen-bond acceptors (Lipinski definition) is 3. The highest BCUT2D eigenvalue weighted by Crippen LogP contribution is 2.12. The van der Waals surface area contributed by atoms with Gasteiger partial charge in [-0.05, 0) is 50.9 Å². The van der Waals surface area contributed by atoms with Crippen molar-refractivity contribution in [3.63, 3.8) is 0 Å². The molecule has 0 saturated heterocycles. The molecule has 0 radical (unpaired) electrons. The summed E-state index contributed by atoms with van der Waals surface area (Å²) in [7, 11) is 0. The summed E-state index contributed by atoms with van der Waals surface area (Å²) in [5.41, 5.74) is 2.72. The van der Waals surface area contributed by atoms with Crippen LogP contribution < -0.4 is 5.32 Å². The molecule has 1 aromatic heterocycles. The van der Waals surface area contributed by atoms with Gasteiger partial charge in [0.2, 0.25) is 0 Å². The van der Waals surface area contributed by atoms with Crippen LogP contribution in [-0.4, -0.2) is 27.9 Å². The maximum atomic E-state index is 4.45. The van der Waals surface area contributed by atoms with Crippen LogP contribution in [0.1, 0.15) is 36.1 Å². The van der Waals surface area contributed by atoms with Crippen LogP contribution in [-0.2, 0) is 13.0 Å². The van der Waals surface area contributed by atoms with E-state index in [0.29, 0.717) is 0 Å². The van der Waals surface area contributed by atoms with E-state index in [-0.39, 0.29) is 0 Å². The SMILES string of the molecule is CCCNCCc1ccccc1Cn1nc(C)nc1C. The lowest BCUT2D eigenvalue weighted by atomic mass is 10.0. The molecule has 0 atom stereocenters. The highest BCUT2D eigenvalue weighted by Gasteiger charge is 2.06. The van der Waals surface area contributed by atoms with Crippen molar-refractivity contribution < 1.29 is 0 Å². The van der Waals surface area contributed by atoms with Gasteiger partial charge in [0, 0.05) is 0 Å². The second kappa shape index (κ2) is 7.20. The van der Waals surface area contributed by atoms with E-state index in [1.165, 1.54) is 17.5 Å². The number of aromatic nitrogens is 3. The minimum absolute atomic E-state index is 0.802. The summed E-state index contributed by atoms with van der Waals surface area (Å²) in [5.74, 6) is 1.81. The van der Waals surface area contributed by atoms with Gasteiger partial charge in [-0.15, -0.1) is 0 Å². The third kappa shape index (κ3) is 3.90. The molecule has 2 aromatic rings. The minimum atomic E-state index is 0.802. The van der Waals surface area contributed by atoms with Crippen LogP contribution >= 0.6 is 0 Å². The lowest BCUT2D eigenvalue weighted by Crippen LogP contribution is -2.18. The van der Waals surface area contributed by atoms with Crippen molar-refractivity contribution in [3.8, 4) is 0 Å². The van der Waals surface area contributed by atoms with Crippen molar-refractivity contribution in [2.45, 2.75) is 40.2 Å². The van der Waals surface area contributed by atoms with Crippen LogP contribution in [0, 0.1) is 13.8 Å². The fourth-order valence-corrected chi connectivity index (χ4v) is 2.35. The van der Waals surface area contributed by atoms with Crippen LogP contribution in [0.3, 0.4) is 0 Å². The summed E-state index contributed by atoms with van der Waals surface area (Å²) in [6.07, 6.45) is 2.24. The third-order valence-corrected chi connectivity index (χ3v) is 3.40. The first-order chi connectivity index (χ1) is 9.70. The van der Waals surface area contributed by atoms with Crippen molar-refractivity contribution in [2.75, 3.05) is 13.1 Å². The van der Waals surface area contributed by atoms with Gasteiger partial charge in [-0.3, -0.25) is 0 Å². The zero-order valence-corrected chi connectivity index (χ0v) is 12.7. The molecule has 1 N–H and O–H groups in total. The number of aryl methyl sites for hydroxylation is 2. The first-order valence-electron chi connectivity index (χ1n) is 7.36. The predicted octanol–water partition coefficient (Wildman–Crippen LogP) is 2.49. The molecule has 0 aliphatic heterocycles. The monoisotopic (exact) mass is 272 g/mol. The summed E-state index contributed by atoms with van der Waals surface area (Å²) in [6, 6.07) is 8.60. The Bertz CT molecular complexity index is 545. The van der Waals surface area contributed by atoms with Gasteiger partial charge < -0.3 is 5.32 Å². The second-order valence-electron chi connectivity index (χ2n) is 5.13. The maximum absolute atomic E-state index is 4.45. The first kappa shape index (κ1) is 14.7. The number of benzene rings is 1. The quantitative estimate of drug-likeness (QED) is 0.787. The Morgan fingerprint density at radius 1 is 1.10 bits per heavy atom. The lowest BCUT2D eigenvalue weighted by Gasteiger charge is -2.10. The molecule has 0 bridgehead atoms.